The SMILES string of the molecule is CCC(C)(C)NC(=O)CN1CCCCC1CNCC(C)C. The Balaban J connectivity index is 2.43. The van der Waals surface area contributed by atoms with Gasteiger partial charge in [-0.1, -0.05) is 27.2 Å². The number of carbonyl (C=O) groups is 1. The molecule has 21 heavy (non-hydrogen) atoms. The Bertz CT molecular complexity index is 315. The molecule has 1 unspecified atom stereocenters. The van der Waals surface area contributed by atoms with Gasteiger partial charge in [0.25, 0.3) is 0 Å². The second-order valence-electron chi connectivity index (χ2n) is 7.46. The lowest BCUT2D eigenvalue weighted by atomic mass is 10.0. The van der Waals surface area contributed by atoms with Crippen molar-refractivity contribution in [1.82, 2.24) is 15.5 Å². The number of likely N-dealkylation sites (tertiary alicyclic amines) is 1. The number of hydrogen-bond donors (Lipinski definition) is 2. The van der Waals surface area contributed by atoms with Gasteiger partial charge in [-0.05, 0) is 52.1 Å². The molecule has 0 aromatic carbocycles. The predicted octanol–water partition coefficient (Wildman–Crippen LogP) is 2.39. The van der Waals surface area contributed by atoms with Crippen LogP contribution in [0.3, 0.4) is 0 Å². The number of piperidine rings is 1. The summed E-state index contributed by atoms with van der Waals surface area (Å²) in [5, 5.41) is 6.69. The second kappa shape index (κ2) is 8.74. The third-order valence-corrected chi connectivity index (χ3v) is 4.39. The Morgan fingerprint density at radius 3 is 2.67 bits per heavy atom. The predicted molar refractivity (Wildman–Crippen MR) is 89.4 cm³/mol. The minimum Gasteiger partial charge on any atom is -0.350 e. The molecule has 2 N–H and O–H groups in total. The second-order valence-corrected chi connectivity index (χ2v) is 7.46. The molecule has 1 heterocycles. The number of carbonyl (C=O) groups excluding carboxylic acids is 1. The highest BCUT2D eigenvalue weighted by atomic mass is 16.2. The summed E-state index contributed by atoms with van der Waals surface area (Å²) in [6, 6.07) is 0.507. The van der Waals surface area contributed by atoms with Crippen LogP contribution in [-0.4, -0.2) is 48.6 Å². The van der Waals surface area contributed by atoms with Crippen molar-refractivity contribution in [3.8, 4) is 0 Å². The average molecular weight is 297 g/mol. The van der Waals surface area contributed by atoms with Crippen molar-refractivity contribution in [3.63, 3.8) is 0 Å². The van der Waals surface area contributed by atoms with Crippen LogP contribution >= 0.6 is 0 Å². The number of rotatable bonds is 8. The molecule has 1 saturated heterocycles. The number of amides is 1. The van der Waals surface area contributed by atoms with Crippen molar-refractivity contribution in [2.24, 2.45) is 5.92 Å². The number of nitrogens with one attached hydrogen (secondary N) is 2. The molecule has 0 aromatic rings. The zero-order valence-corrected chi connectivity index (χ0v) is 14.7. The maximum absolute atomic E-state index is 12.2. The van der Waals surface area contributed by atoms with Gasteiger partial charge in [0.05, 0.1) is 6.54 Å². The lowest BCUT2D eigenvalue weighted by Crippen LogP contribution is -2.52. The molecule has 0 radical (unpaired) electrons. The van der Waals surface area contributed by atoms with E-state index in [1.807, 2.05) is 0 Å². The van der Waals surface area contributed by atoms with E-state index in [1.165, 1.54) is 19.3 Å². The average Bonchev–Trinajstić information content (AvgIpc) is 2.39. The van der Waals surface area contributed by atoms with Crippen LogP contribution < -0.4 is 10.6 Å². The molecule has 0 spiro atoms. The van der Waals surface area contributed by atoms with Gasteiger partial charge in [-0.3, -0.25) is 9.69 Å². The summed E-state index contributed by atoms with van der Waals surface area (Å²) in [5.41, 5.74) is -0.0989. The van der Waals surface area contributed by atoms with Crippen molar-refractivity contribution in [1.29, 1.82) is 0 Å². The van der Waals surface area contributed by atoms with E-state index >= 15 is 0 Å². The third kappa shape index (κ3) is 7.28. The summed E-state index contributed by atoms with van der Waals surface area (Å²) >= 11 is 0. The van der Waals surface area contributed by atoms with Gasteiger partial charge in [-0.25, -0.2) is 0 Å². The molecule has 1 rings (SSSR count). The van der Waals surface area contributed by atoms with Crippen LogP contribution in [0.15, 0.2) is 0 Å². The van der Waals surface area contributed by atoms with Gasteiger partial charge in [0, 0.05) is 18.1 Å². The maximum atomic E-state index is 12.2. The summed E-state index contributed by atoms with van der Waals surface area (Å²) in [6.45, 7) is 14.4. The Kier molecular flexibility index (Phi) is 7.67. The Morgan fingerprint density at radius 1 is 1.33 bits per heavy atom. The molecular formula is C17H35N3O. The minimum atomic E-state index is -0.0989. The molecule has 0 saturated carbocycles. The molecule has 1 aliphatic heterocycles. The summed E-state index contributed by atoms with van der Waals surface area (Å²) in [7, 11) is 0. The molecule has 0 bridgehead atoms. The normalized spacial score (nSPS) is 20.8. The van der Waals surface area contributed by atoms with E-state index in [9.17, 15) is 4.79 Å². The van der Waals surface area contributed by atoms with Crippen molar-refractivity contribution >= 4 is 5.91 Å². The minimum absolute atomic E-state index is 0.0989. The topological polar surface area (TPSA) is 44.4 Å². The highest BCUT2D eigenvalue weighted by molar-refractivity contribution is 5.78. The monoisotopic (exact) mass is 297 g/mol. The first-order valence-electron chi connectivity index (χ1n) is 8.60. The van der Waals surface area contributed by atoms with Crippen LogP contribution in [0.2, 0.25) is 0 Å². The van der Waals surface area contributed by atoms with Gasteiger partial charge in [-0.15, -0.1) is 0 Å². The lowest BCUT2D eigenvalue weighted by Gasteiger charge is -2.36. The Labute approximate surface area is 131 Å². The highest BCUT2D eigenvalue weighted by Gasteiger charge is 2.26. The Morgan fingerprint density at radius 2 is 2.05 bits per heavy atom. The standard InChI is InChI=1S/C17H35N3O/c1-6-17(4,5)19-16(21)13-20-10-8-7-9-15(20)12-18-11-14(2)3/h14-15,18H,6-13H2,1-5H3,(H,19,21). The van der Waals surface area contributed by atoms with E-state index in [4.69, 9.17) is 0 Å². The molecule has 1 amide bonds. The number of hydrogen-bond acceptors (Lipinski definition) is 3. The van der Waals surface area contributed by atoms with E-state index in [0.717, 1.165) is 26.1 Å². The Hall–Kier alpha value is -0.610. The van der Waals surface area contributed by atoms with Crippen LogP contribution in [0, 0.1) is 5.92 Å². The summed E-state index contributed by atoms with van der Waals surface area (Å²) in [5.74, 6) is 0.841. The fraction of sp³-hybridized carbons (Fsp3) is 0.941. The van der Waals surface area contributed by atoms with Crippen molar-refractivity contribution in [3.05, 3.63) is 0 Å². The van der Waals surface area contributed by atoms with Gasteiger partial charge in [0.2, 0.25) is 5.91 Å². The largest absolute Gasteiger partial charge is 0.350 e. The van der Waals surface area contributed by atoms with Crippen LogP contribution in [0.25, 0.3) is 0 Å². The molecule has 1 fully saturated rings. The van der Waals surface area contributed by atoms with Gasteiger partial charge >= 0.3 is 0 Å². The van der Waals surface area contributed by atoms with Crippen molar-refractivity contribution in [2.45, 2.75) is 71.9 Å². The molecule has 0 aliphatic carbocycles. The van der Waals surface area contributed by atoms with Crippen molar-refractivity contribution < 1.29 is 4.79 Å². The fourth-order valence-corrected chi connectivity index (χ4v) is 2.73. The first kappa shape index (κ1) is 18.4. The van der Waals surface area contributed by atoms with E-state index in [-0.39, 0.29) is 11.4 Å². The molecular weight excluding hydrogens is 262 g/mol. The molecule has 4 nitrogen and oxygen atoms in total. The molecule has 1 aliphatic rings. The summed E-state index contributed by atoms with van der Waals surface area (Å²) in [6.07, 6.45) is 4.66. The smallest absolute Gasteiger partial charge is 0.234 e. The summed E-state index contributed by atoms with van der Waals surface area (Å²) in [4.78, 5) is 14.6. The molecule has 1 atom stereocenters. The van der Waals surface area contributed by atoms with Crippen LogP contribution in [0.4, 0.5) is 0 Å². The van der Waals surface area contributed by atoms with Gasteiger partial charge in [0.1, 0.15) is 0 Å². The van der Waals surface area contributed by atoms with Gasteiger partial charge in [0.15, 0.2) is 0 Å². The van der Waals surface area contributed by atoms with Crippen molar-refractivity contribution in [2.75, 3.05) is 26.2 Å². The molecule has 4 heteroatoms. The lowest BCUT2D eigenvalue weighted by molar-refractivity contribution is -0.124. The summed E-state index contributed by atoms with van der Waals surface area (Å²) < 4.78 is 0. The van der Waals surface area contributed by atoms with Crippen LogP contribution in [0.5, 0.6) is 0 Å². The van der Waals surface area contributed by atoms with Crippen LogP contribution in [-0.2, 0) is 4.79 Å². The third-order valence-electron chi connectivity index (χ3n) is 4.39. The fourth-order valence-electron chi connectivity index (χ4n) is 2.73. The van der Waals surface area contributed by atoms with E-state index < -0.39 is 0 Å². The van der Waals surface area contributed by atoms with E-state index in [0.29, 0.717) is 18.5 Å². The van der Waals surface area contributed by atoms with Gasteiger partial charge < -0.3 is 10.6 Å². The zero-order valence-electron chi connectivity index (χ0n) is 14.7. The number of nitrogens with zero attached hydrogens (tertiary/aromatic N) is 1. The quantitative estimate of drug-likeness (QED) is 0.723. The first-order valence-corrected chi connectivity index (χ1v) is 8.60. The van der Waals surface area contributed by atoms with E-state index in [1.54, 1.807) is 0 Å². The molecule has 124 valence electrons. The van der Waals surface area contributed by atoms with Crippen LogP contribution in [0.1, 0.15) is 60.3 Å². The highest BCUT2D eigenvalue weighted by Crippen LogP contribution is 2.16. The first-order chi connectivity index (χ1) is 9.84. The molecule has 0 aromatic heterocycles. The maximum Gasteiger partial charge on any atom is 0.234 e. The van der Waals surface area contributed by atoms with E-state index in [2.05, 4.69) is 50.2 Å². The zero-order chi connectivity index (χ0) is 15.9. The van der Waals surface area contributed by atoms with Gasteiger partial charge in [-0.2, -0.15) is 0 Å².